The molecule has 5 N–H and O–H groups in total. The molecule has 3 aromatic rings. The third-order valence-corrected chi connectivity index (χ3v) is 11.7. The van der Waals surface area contributed by atoms with Gasteiger partial charge in [0.15, 0.2) is 12.1 Å². The van der Waals surface area contributed by atoms with E-state index in [9.17, 15) is 30.0 Å². The molecule has 1 fully saturated rings. The second-order valence-corrected chi connectivity index (χ2v) is 16.4. The lowest BCUT2D eigenvalue weighted by Crippen LogP contribution is -2.63. The minimum atomic E-state index is -1.25. The van der Waals surface area contributed by atoms with Crippen LogP contribution in [0.5, 0.6) is 0 Å². The topological polar surface area (TPSA) is 189 Å². The average Bonchev–Trinajstić information content (AvgIpc) is 3.68. The Morgan fingerprint density at radius 3 is 2.47 bits per heavy atom. The lowest BCUT2D eigenvalue weighted by molar-refractivity contribution is -0.304. The van der Waals surface area contributed by atoms with Crippen LogP contribution in [-0.2, 0) is 30.3 Å². The van der Waals surface area contributed by atoms with E-state index < -0.39 is 72.7 Å². The van der Waals surface area contributed by atoms with Gasteiger partial charge < -0.3 is 44.9 Å². The Balaban J connectivity index is 1.41. The second kappa shape index (κ2) is 20.9. The van der Waals surface area contributed by atoms with Gasteiger partial charge in [0.25, 0.3) is 0 Å². The molecule has 2 aliphatic rings. The summed E-state index contributed by atoms with van der Waals surface area (Å²) in [6.45, 7) is 9.64. The number of nitrogens with zero attached hydrogens (tertiary/aromatic N) is 4. The predicted molar refractivity (Wildman–Crippen MR) is 220 cm³/mol. The Bertz CT molecular complexity index is 1870. The maximum Gasteiger partial charge on any atom is 0.308 e. The van der Waals surface area contributed by atoms with E-state index in [0.717, 1.165) is 27.7 Å². The number of nitrogens with one attached hydrogen (secondary N) is 1. The van der Waals surface area contributed by atoms with Crippen molar-refractivity contribution in [2.24, 2.45) is 23.7 Å². The quantitative estimate of drug-likeness (QED) is 0.140. The van der Waals surface area contributed by atoms with E-state index in [1.807, 2.05) is 51.2 Å². The van der Waals surface area contributed by atoms with Crippen LogP contribution in [0.4, 0.5) is 0 Å². The zero-order valence-corrected chi connectivity index (χ0v) is 34.8. The van der Waals surface area contributed by atoms with Crippen molar-refractivity contribution >= 4 is 22.5 Å². The molecule has 1 saturated heterocycles. The summed E-state index contributed by atoms with van der Waals surface area (Å²) in [6.07, 6.45) is 1.05. The summed E-state index contributed by atoms with van der Waals surface area (Å²) in [5.41, 5.74) is 2.36. The van der Waals surface area contributed by atoms with Gasteiger partial charge in [-0.05, 0) is 88.6 Å². The summed E-state index contributed by atoms with van der Waals surface area (Å²) in [4.78, 5) is 28.7. The minimum absolute atomic E-state index is 0.104. The summed E-state index contributed by atoms with van der Waals surface area (Å²) in [6, 6.07) is 13.5. The summed E-state index contributed by atoms with van der Waals surface area (Å²) >= 11 is 0. The number of benzene rings is 2. The lowest BCUT2D eigenvalue weighted by Gasteiger charge is -2.46. The molecule has 0 amide bonds. The van der Waals surface area contributed by atoms with Gasteiger partial charge in [0.2, 0.25) is 0 Å². The summed E-state index contributed by atoms with van der Waals surface area (Å²) in [7, 11) is 3.52. The van der Waals surface area contributed by atoms with Crippen LogP contribution in [0.2, 0.25) is 0 Å². The molecule has 0 spiro atoms. The Kier molecular flexibility index (Phi) is 16.3. The van der Waals surface area contributed by atoms with Crippen molar-refractivity contribution < 1.29 is 44.2 Å². The summed E-state index contributed by atoms with van der Waals surface area (Å²) < 4.78 is 20.3. The van der Waals surface area contributed by atoms with Gasteiger partial charge in [0, 0.05) is 24.3 Å². The Morgan fingerprint density at radius 1 is 1.02 bits per heavy atom. The molecule has 5 rings (SSSR count). The van der Waals surface area contributed by atoms with E-state index in [-0.39, 0.29) is 24.7 Å². The second-order valence-electron chi connectivity index (χ2n) is 16.4. The van der Waals surface area contributed by atoms with Crippen LogP contribution in [0.15, 0.2) is 72.5 Å². The van der Waals surface area contributed by atoms with Crippen LogP contribution in [0.25, 0.3) is 16.5 Å². The number of cyclic esters (lactones) is 1. The van der Waals surface area contributed by atoms with Gasteiger partial charge in [-0.2, -0.15) is 0 Å². The van der Waals surface area contributed by atoms with E-state index in [1.165, 1.54) is 6.08 Å². The fourth-order valence-electron chi connectivity index (χ4n) is 8.19. The molecular weight excluding hydrogens is 743 g/mol. The number of likely N-dealkylation sites (N-methyl/N-ethyl adjacent to an activating group) is 1. The number of hydrogen-bond acceptors (Lipinski definition) is 13. The molecule has 14 nitrogen and oxygen atoms in total. The van der Waals surface area contributed by atoms with Crippen molar-refractivity contribution in [3.8, 4) is 5.69 Å². The zero-order chi connectivity index (χ0) is 42.1. The SMILES string of the molecule is CC[C@H]1OC(=O)C[C@@H](O)[C@H](C)[C@@H](O[C@@H]2O[C@H](C)C(O)C(N(C)C)C2O)[C@@H](CCNCc2cn(-c3ccc4ccccc4c3)nn2)C[C@@H](C)C(=O)/C=C/C(C)=C/[C@@H]1CO. The smallest absolute Gasteiger partial charge is 0.308 e. The number of fused-ring (bicyclic) bond motifs is 1. The molecule has 0 bridgehead atoms. The molecule has 14 heteroatoms. The van der Waals surface area contributed by atoms with Crippen molar-refractivity contribution in [3.63, 3.8) is 0 Å². The summed E-state index contributed by atoms with van der Waals surface area (Å²) in [5, 5.41) is 58.8. The fraction of sp³-hybridized carbons (Fsp3) is 0.591. The predicted octanol–water partition coefficient (Wildman–Crippen LogP) is 3.73. The Hall–Kier alpha value is -3.86. The fourth-order valence-corrected chi connectivity index (χ4v) is 8.19. The third-order valence-electron chi connectivity index (χ3n) is 11.7. The first-order valence-electron chi connectivity index (χ1n) is 20.5. The first kappa shape index (κ1) is 45.2. The highest BCUT2D eigenvalue weighted by Crippen LogP contribution is 2.34. The van der Waals surface area contributed by atoms with Crippen molar-refractivity contribution in [2.45, 2.75) is 116 Å². The van der Waals surface area contributed by atoms with Crippen LogP contribution < -0.4 is 5.32 Å². The number of aromatic nitrogens is 3. The van der Waals surface area contributed by atoms with Crippen molar-refractivity contribution in [3.05, 3.63) is 78.2 Å². The van der Waals surface area contributed by atoms with Gasteiger partial charge in [-0.15, -0.1) is 5.10 Å². The van der Waals surface area contributed by atoms with Crippen LogP contribution >= 0.6 is 0 Å². The van der Waals surface area contributed by atoms with E-state index in [1.54, 1.807) is 49.7 Å². The number of aliphatic hydroxyl groups excluding tert-OH is 4. The Morgan fingerprint density at radius 2 is 1.76 bits per heavy atom. The number of rotatable bonds is 11. The van der Waals surface area contributed by atoms with Crippen LogP contribution in [0, 0.1) is 23.7 Å². The number of esters is 1. The maximum absolute atomic E-state index is 13.7. The lowest BCUT2D eigenvalue weighted by atomic mass is 9.79. The van der Waals surface area contributed by atoms with Gasteiger partial charge >= 0.3 is 5.97 Å². The molecule has 1 aromatic heterocycles. The highest BCUT2D eigenvalue weighted by Gasteiger charge is 2.47. The molecule has 2 aromatic carbocycles. The molecule has 318 valence electrons. The number of allylic oxidation sites excluding steroid dienone is 3. The molecule has 2 aliphatic heterocycles. The van der Waals surface area contributed by atoms with Crippen molar-refractivity contribution in [1.29, 1.82) is 0 Å². The van der Waals surface area contributed by atoms with Gasteiger partial charge in [-0.1, -0.05) is 74.0 Å². The normalized spacial score (nSPS) is 33.5. The molecular formula is C44H63N5O9. The molecule has 3 heterocycles. The van der Waals surface area contributed by atoms with E-state index in [4.69, 9.17) is 14.2 Å². The van der Waals surface area contributed by atoms with E-state index >= 15 is 0 Å². The van der Waals surface area contributed by atoms with Crippen molar-refractivity contribution in [2.75, 3.05) is 27.2 Å². The first-order valence-corrected chi connectivity index (χ1v) is 20.5. The molecule has 0 saturated carbocycles. The van der Waals surface area contributed by atoms with Crippen LogP contribution in [0.1, 0.15) is 66.0 Å². The number of ether oxygens (including phenoxy) is 3. The monoisotopic (exact) mass is 805 g/mol. The largest absolute Gasteiger partial charge is 0.462 e. The van der Waals surface area contributed by atoms with Crippen LogP contribution in [-0.4, -0.2) is 128 Å². The average molecular weight is 806 g/mol. The zero-order valence-electron chi connectivity index (χ0n) is 34.8. The minimum Gasteiger partial charge on any atom is -0.462 e. The Labute approximate surface area is 341 Å². The molecule has 0 radical (unpaired) electrons. The van der Waals surface area contributed by atoms with Gasteiger partial charge in [-0.25, -0.2) is 4.68 Å². The number of ketones is 1. The number of aliphatic hydroxyl groups is 4. The van der Waals surface area contributed by atoms with Crippen LogP contribution in [0.3, 0.4) is 0 Å². The molecule has 58 heavy (non-hydrogen) atoms. The number of carbonyl (C=O) groups excluding carboxylic acids is 2. The first-order chi connectivity index (χ1) is 27.7. The number of hydrogen-bond donors (Lipinski definition) is 5. The van der Waals surface area contributed by atoms with Gasteiger partial charge in [-0.3, -0.25) is 9.59 Å². The third kappa shape index (κ3) is 11.4. The maximum atomic E-state index is 13.7. The van der Waals surface area contributed by atoms with Gasteiger partial charge in [0.05, 0.1) is 61.1 Å². The standard InChI is InChI=1S/C44H63N5O9/c1-8-38-33(25-50)19-26(2)13-16-36(51)27(3)20-32(17-18-45-23-34-24-49(47-46-34)35-15-14-30-11-9-10-12-31(30)21-35)43(28(4)37(52)22-39(53)57-38)58-44-42(55)40(48(6)7)41(54)29(5)56-44/h9-16,19,21,24,27-29,32-33,37-38,40-45,50,52,54-55H,8,17-18,20,22-23,25H2,1-7H3/b16-13+,26-19+/t27-,28+,29-,32+,33-,37-,38-,40?,41?,42?,43-,44+/m1/s1. The van der Waals surface area contributed by atoms with Crippen molar-refractivity contribution in [1.82, 2.24) is 25.2 Å². The molecule has 0 aliphatic carbocycles. The highest BCUT2D eigenvalue weighted by atomic mass is 16.7. The van der Waals surface area contributed by atoms with E-state index in [2.05, 4.69) is 33.8 Å². The number of carbonyl (C=O) groups is 2. The molecule has 12 atom stereocenters. The summed E-state index contributed by atoms with van der Waals surface area (Å²) in [5.74, 6) is -2.76. The van der Waals surface area contributed by atoms with Gasteiger partial charge in [0.1, 0.15) is 12.2 Å². The highest BCUT2D eigenvalue weighted by molar-refractivity contribution is 5.91. The molecule has 3 unspecified atom stereocenters. The van der Waals surface area contributed by atoms with E-state index in [0.29, 0.717) is 32.4 Å².